The number of amides is 1. The van der Waals surface area contributed by atoms with Crippen LogP contribution in [0, 0.1) is 0 Å². The second-order valence-electron chi connectivity index (χ2n) is 9.10. The van der Waals surface area contributed by atoms with Crippen molar-refractivity contribution in [1.29, 1.82) is 0 Å². The lowest BCUT2D eigenvalue weighted by molar-refractivity contribution is -0.111. The Hall–Kier alpha value is -4.83. The van der Waals surface area contributed by atoms with E-state index in [1.54, 1.807) is 19.4 Å². The predicted molar refractivity (Wildman–Crippen MR) is 152 cm³/mol. The number of hydrogen-bond donors (Lipinski definition) is 1. The highest BCUT2D eigenvalue weighted by atomic mass is 16.5. The van der Waals surface area contributed by atoms with Gasteiger partial charge in [0.1, 0.15) is 11.3 Å². The van der Waals surface area contributed by atoms with Crippen molar-refractivity contribution < 1.29 is 13.9 Å². The molecule has 0 aliphatic heterocycles. The number of carbonyl (C=O) groups excluding carboxylic acids is 1. The Morgan fingerprint density at radius 1 is 0.811 bits per heavy atom. The highest BCUT2D eigenvalue weighted by Crippen LogP contribution is 2.38. The molecule has 37 heavy (non-hydrogen) atoms. The molecule has 6 aromatic rings. The van der Waals surface area contributed by atoms with Crippen LogP contribution in [0.2, 0.25) is 0 Å². The Labute approximate surface area is 214 Å². The number of rotatable bonds is 5. The van der Waals surface area contributed by atoms with Gasteiger partial charge in [0, 0.05) is 39.7 Å². The number of fused-ring (bicyclic) bond motifs is 3. The third-order valence-electron chi connectivity index (χ3n) is 6.78. The maximum absolute atomic E-state index is 13.0. The van der Waals surface area contributed by atoms with E-state index in [0.717, 1.165) is 49.7 Å². The first-order chi connectivity index (χ1) is 18.1. The van der Waals surface area contributed by atoms with Gasteiger partial charge in [-0.1, -0.05) is 72.8 Å². The summed E-state index contributed by atoms with van der Waals surface area (Å²) < 4.78 is 11.6. The van der Waals surface area contributed by atoms with Gasteiger partial charge in [0.05, 0.1) is 13.4 Å². The molecule has 4 heteroatoms. The van der Waals surface area contributed by atoms with Crippen LogP contribution >= 0.6 is 0 Å². The lowest BCUT2D eigenvalue weighted by Crippen LogP contribution is -2.09. The third kappa shape index (κ3) is 4.23. The zero-order chi connectivity index (χ0) is 25.4. The zero-order valence-electron chi connectivity index (χ0n) is 20.6. The second-order valence-corrected chi connectivity index (χ2v) is 9.10. The Bertz CT molecular complexity index is 1820. The van der Waals surface area contributed by atoms with Crippen molar-refractivity contribution in [2.75, 3.05) is 12.4 Å². The lowest BCUT2D eigenvalue weighted by atomic mass is 9.97. The van der Waals surface area contributed by atoms with E-state index in [9.17, 15) is 4.79 Å². The number of methoxy groups -OCH3 is 1. The standard InChI is InChI=1S/C33H25NO3/c1-21(16-33(35)34-30-13-7-11-23-9-5-6-12-26(23)30)27-18-28-29(20-37-32(28)19-31(27)36-2)25-15-14-22-8-3-4-10-24(22)17-25/h3-20H,1-2H3,(H,34,35)/b21-16+. The largest absolute Gasteiger partial charge is 0.496 e. The van der Waals surface area contributed by atoms with Gasteiger partial charge in [0.2, 0.25) is 5.91 Å². The fraction of sp³-hybridized carbons (Fsp3) is 0.0606. The highest BCUT2D eigenvalue weighted by Gasteiger charge is 2.15. The topological polar surface area (TPSA) is 51.5 Å². The molecule has 0 bridgehead atoms. The predicted octanol–water partition coefficient (Wildman–Crippen LogP) is 8.46. The van der Waals surface area contributed by atoms with Crippen molar-refractivity contribution in [3.8, 4) is 16.9 Å². The van der Waals surface area contributed by atoms with Crippen molar-refractivity contribution in [1.82, 2.24) is 0 Å². The monoisotopic (exact) mass is 483 g/mol. The van der Waals surface area contributed by atoms with Crippen LogP contribution in [-0.2, 0) is 4.79 Å². The van der Waals surface area contributed by atoms with Crippen molar-refractivity contribution in [2.24, 2.45) is 0 Å². The zero-order valence-corrected chi connectivity index (χ0v) is 20.6. The van der Waals surface area contributed by atoms with Crippen LogP contribution in [0.5, 0.6) is 5.75 Å². The van der Waals surface area contributed by atoms with Crippen LogP contribution < -0.4 is 10.1 Å². The number of allylic oxidation sites excluding steroid dienone is 1. The minimum Gasteiger partial charge on any atom is -0.496 e. The molecule has 5 aromatic carbocycles. The minimum absolute atomic E-state index is 0.196. The van der Waals surface area contributed by atoms with E-state index >= 15 is 0 Å². The first-order valence-corrected chi connectivity index (χ1v) is 12.2. The quantitative estimate of drug-likeness (QED) is 0.250. The van der Waals surface area contributed by atoms with Crippen molar-refractivity contribution in [2.45, 2.75) is 6.92 Å². The molecule has 0 spiro atoms. The summed E-state index contributed by atoms with van der Waals surface area (Å²) in [7, 11) is 1.63. The van der Waals surface area contributed by atoms with Crippen molar-refractivity contribution in [3.63, 3.8) is 0 Å². The van der Waals surface area contributed by atoms with E-state index < -0.39 is 0 Å². The summed E-state index contributed by atoms with van der Waals surface area (Å²) in [5, 5.41) is 8.44. The molecular weight excluding hydrogens is 458 g/mol. The van der Waals surface area contributed by atoms with Gasteiger partial charge in [-0.15, -0.1) is 0 Å². The van der Waals surface area contributed by atoms with Crippen molar-refractivity contribution in [3.05, 3.63) is 115 Å². The summed E-state index contributed by atoms with van der Waals surface area (Å²) in [5.74, 6) is 0.455. The molecule has 0 aliphatic rings. The van der Waals surface area contributed by atoms with Crippen LogP contribution in [0.3, 0.4) is 0 Å². The number of carbonyl (C=O) groups is 1. The van der Waals surface area contributed by atoms with Gasteiger partial charge >= 0.3 is 0 Å². The maximum Gasteiger partial charge on any atom is 0.248 e. The van der Waals surface area contributed by atoms with Crippen LogP contribution in [0.4, 0.5) is 5.69 Å². The average Bonchev–Trinajstić information content (AvgIpc) is 3.35. The Morgan fingerprint density at radius 2 is 1.57 bits per heavy atom. The third-order valence-corrected chi connectivity index (χ3v) is 6.78. The van der Waals surface area contributed by atoms with Gasteiger partial charge < -0.3 is 14.5 Å². The molecule has 0 atom stereocenters. The normalized spacial score (nSPS) is 11.8. The van der Waals surface area contributed by atoms with Crippen LogP contribution in [0.25, 0.3) is 49.2 Å². The van der Waals surface area contributed by atoms with E-state index in [0.29, 0.717) is 5.75 Å². The van der Waals surface area contributed by atoms with E-state index in [-0.39, 0.29) is 5.91 Å². The summed E-state index contributed by atoms with van der Waals surface area (Å²) in [6.45, 7) is 1.92. The molecule has 0 unspecified atom stereocenters. The minimum atomic E-state index is -0.196. The summed E-state index contributed by atoms with van der Waals surface area (Å²) >= 11 is 0. The molecule has 0 saturated heterocycles. The van der Waals surface area contributed by atoms with Gasteiger partial charge in [0.25, 0.3) is 0 Å². The van der Waals surface area contributed by atoms with Crippen molar-refractivity contribution >= 4 is 49.7 Å². The van der Waals surface area contributed by atoms with Crippen LogP contribution in [0.15, 0.2) is 114 Å². The fourth-order valence-electron chi connectivity index (χ4n) is 4.89. The molecule has 0 aliphatic carbocycles. The van der Waals surface area contributed by atoms with E-state index in [2.05, 4.69) is 35.6 Å². The number of nitrogens with one attached hydrogen (secondary N) is 1. The van der Waals surface area contributed by atoms with Gasteiger partial charge in [-0.3, -0.25) is 4.79 Å². The number of ether oxygens (including phenoxy) is 1. The molecule has 1 aromatic heterocycles. The molecule has 1 heterocycles. The van der Waals surface area contributed by atoms with Crippen LogP contribution in [0.1, 0.15) is 12.5 Å². The molecule has 4 nitrogen and oxygen atoms in total. The smallest absolute Gasteiger partial charge is 0.248 e. The van der Waals surface area contributed by atoms with Gasteiger partial charge in [-0.2, -0.15) is 0 Å². The summed E-state index contributed by atoms with van der Waals surface area (Å²) in [4.78, 5) is 13.0. The summed E-state index contributed by atoms with van der Waals surface area (Å²) in [6.07, 6.45) is 3.39. The molecule has 0 radical (unpaired) electrons. The Balaban J connectivity index is 1.37. The maximum atomic E-state index is 13.0. The number of anilines is 1. The highest BCUT2D eigenvalue weighted by molar-refractivity contribution is 6.09. The van der Waals surface area contributed by atoms with Crippen LogP contribution in [-0.4, -0.2) is 13.0 Å². The SMILES string of the molecule is COc1cc2occ(-c3ccc4ccccc4c3)c2cc1/C(C)=C/C(=O)Nc1cccc2ccccc12. The van der Waals surface area contributed by atoms with E-state index in [1.165, 1.54) is 10.8 Å². The molecule has 6 rings (SSSR count). The molecule has 1 N–H and O–H groups in total. The van der Waals surface area contributed by atoms with Gasteiger partial charge in [0.15, 0.2) is 0 Å². The lowest BCUT2D eigenvalue weighted by Gasteiger charge is -2.11. The Kier molecular flexibility index (Phi) is 5.70. The first kappa shape index (κ1) is 22.6. The number of benzene rings is 5. The second kappa shape index (κ2) is 9.32. The molecular formula is C33H25NO3. The van der Waals surface area contributed by atoms with Gasteiger partial charge in [-0.25, -0.2) is 0 Å². The molecule has 0 fully saturated rings. The molecule has 180 valence electrons. The van der Waals surface area contributed by atoms with E-state index in [1.807, 2.05) is 73.7 Å². The van der Waals surface area contributed by atoms with E-state index in [4.69, 9.17) is 9.15 Å². The fourth-order valence-corrected chi connectivity index (χ4v) is 4.89. The number of furan rings is 1. The summed E-state index contributed by atoms with van der Waals surface area (Å²) in [5.41, 5.74) is 5.22. The summed E-state index contributed by atoms with van der Waals surface area (Å²) in [6, 6.07) is 32.5. The molecule has 1 amide bonds. The first-order valence-electron chi connectivity index (χ1n) is 12.2. The molecule has 0 saturated carbocycles. The number of hydrogen-bond acceptors (Lipinski definition) is 3. The average molecular weight is 484 g/mol. The van der Waals surface area contributed by atoms with Gasteiger partial charge in [-0.05, 0) is 52.4 Å². The Morgan fingerprint density at radius 3 is 2.41 bits per heavy atom.